The van der Waals surface area contributed by atoms with E-state index in [1.54, 1.807) is 12.1 Å². The molecular formula is C13H18FNO2. The van der Waals surface area contributed by atoms with Gasteiger partial charge >= 0.3 is 0 Å². The van der Waals surface area contributed by atoms with Gasteiger partial charge in [-0.2, -0.15) is 0 Å². The van der Waals surface area contributed by atoms with Crippen molar-refractivity contribution in [2.45, 2.75) is 37.3 Å². The second kappa shape index (κ2) is 4.63. The lowest BCUT2D eigenvalue weighted by atomic mass is 9.78. The summed E-state index contributed by atoms with van der Waals surface area (Å²) in [7, 11) is 1.49. The number of hydrogen-bond donors (Lipinski definition) is 2. The molecule has 2 rings (SSSR count). The van der Waals surface area contributed by atoms with Gasteiger partial charge in [0.05, 0.1) is 12.7 Å². The van der Waals surface area contributed by atoms with Crippen molar-refractivity contribution in [3.63, 3.8) is 0 Å². The van der Waals surface area contributed by atoms with Gasteiger partial charge in [-0.15, -0.1) is 0 Å². The Bertz CT molecular complexity index is 400. The molecule has 0 heterocycles. The lowest BCUT2D eigenvalue weighted by Gasteiger charge is -2.35. The summed E-state index contributed by atoms with van der Waals surface area (Å²) in [5.74, 6) is 0.0460. The zero-order chi connectivity index (χ0) is 12.5. The van der Waals surface area contributed by atoms with E-state index >= 15 is 0 Å². The van der Waals surface area contributed by atoms with Crippen LogP contribution >= 0.6 is 0 Å². The molecule has 0 aliphatic heterocycles. The molecule has 94 valence electrons. The SMILES string of the molecule is COc1ccc(C2(O)CCC(N)CC2)c(F)c1. The first kappa shape index (κ1) is 12.3. The van der Waals surface area contributed by atoms with Crippen LogP contribution in [0.4, 0.5) is 4.39 Å². The van der Waals surface area contributed by atoms with Gasteiger partial charge in [-0.25, -0.2) is 4.39 Å². The van der Waals surface area contributed by atoms with Gasteiger partial charge in [-0.3, -0.25) is 0 Å². The minimum Gasteiger partial charge on any atom is -0.497 e. The van der Waals surface area contributed by atoms with Gasteiger partial charge in [0.25, 0.3) is 0 Å². The maximum atomic E-state index is 13.9. The molecule has 1 aromatic carbocycles. The quantitative estimate of drug-likeness (QED) is 0.829. The molecule has 0 amide bonds. The number of methoxy groups -OCH3 is 1. The fourth-order valence-electron chi connectivity index (χ4n) is 2.39. The number of nitrogens with two attached hydrogens (primary N) is 1. The summed E-state index contributed by atoms with van der Waals surface area (Å²) in [6.45, 7) is 0. The van der Waals surface area contributed by atoms with Gasteiger partial charge in [0.1, 0.15) is 11.6 Å². The van der Waals surface area contributed by atoms with E-state index in [1.165, 1.54) is 13.2 Å². The molecule has 1 aliphatic rings. The van der Waals surface area contributed by atoms with Crippen LogP contribution in [0.25, 0.3) is 0 Å². The molecule has 1 aromatic rings. The van der Waals surface area contributed by atoms with Crippen LogP contribution in [0.15, 0.2) is 18.2 Å². The first-order valence-corrected chi connectivity index (χ1v) is 5.87. The molecule has 0 unspecified atom stereocenters. The lowest BCUT2D eigenvalue weighted by molar-refractivity contribution is -0.00803. The van der Waals surface area contributed by atoms with Crippen molar-refractivity contribution in [3.05, 3.63) is 29.6 Å². The molecule has 0 aromatic heterocycles. The average molecular weight is 239 g/mol. The highest BCUT2D eigenvalue weighted by atomic mass is 19.1. The van der Waals surface area contributed by atoms with E-state index in [-0.39, 0.29) is 6.04 Å². The average Bonchev–Trinajstić information content (AvgIpc) is 2.33. The van der Waals surface area contributed by atoms with E-state index in [9.17, 15) is 9.50 Å². The van der Waals surface area contributed by atoms with Crippen LogP contribution in [0, 0.1) is 5.82 Å². The summed E-state index contributed by atoms with van der Waals surface area (Å²) in [4.78, 5) is 0. The summed E-state index contributed by atoms with van der Waals surface area (Å²) in [6, 6.07) is 4.70. The van der Waals surface area contributed by atoms with Gasteiger partial charge in [0, 0.05) is 17.7 Å². The Balaban J connectivity index is 2.27. The zero-order valence-corrected chi connectivity index (χ0v) is 9.95. The van der Waals surface area contributed by atoms with Crippen LogP contribution in [0.2, 0.25) is 0 Å². The van der Waals surface area contributed by atoms with Crippen molar-refractivity contribution in [2.75, 3.05) is 7.11 Å². The molecule has 0 bridgehead atoms. The monoisotopic (exact) mass is 239 g/mol. The highest BCUT2D eigenvalue weighted by molar-refractivity contribution is 5.32. The molecule has 1 saturated carbocycles. The lowest BCUT2D eigenvalue weighted by Crippen LogP contribution is -2.37. The van der Waals surface area contributed by atoms with E-state index in [1.807, 2.05) is 0 Å². The Morgan fingerprint density at radius 1 is 1.41 bits per heavy atom. The van der Waals surface area contributed by atoms with E-state index in [0.717, 1.165) is 12.8 Å². The highest BCUT2D eigenvalue weighted by Gasteiger charge is 2.35. The Kier molecular flexibility index (Phi) is 3.35. The second-order valence-electron chi connectivity index (χ2n) is 4.71. The van der Waals surface area contributed by atoms with Crippen molar-refractivity contribution in [1.82, 2.24) is 0 Å². The summed E-state index contributed by atoms with van der Waals surface area (Å²) in [6.07, 6.45) is 2.47. The van der Waals surface area contributed by atoms with Crippen molar-refractivity contribution >= 4 is 0 Å². The third-order valence-corrected chi connectivity index (χ3v) is 3.54. The van der Waals surface area contributed by atoms with Crippen LogP contribution in [0.5, 0.6) is 5.75 Å². The number of aliphatic hydroxyl groups is 1. The standard InChI is InChI=1S/C13H18FNO2/c1-17-10-2-3-11(12(14)8-10)13(16)6-4-9(15)5-7-13/h2-3,8-9,16H,4-7,15H2,1H3. The predicted molar refractivity (Wildman–Crippen MR) is 63.3 cm³/mol. The van der Waals surface area contributed by atoms with E-state index in [2.05, 4.69) is 0 Å². The van der Waals surface area contributed by atoms with Crippen LogP contribution in [-0.4, -0.2) is 18.3 Å². The minimum absolute atomic E-state index is 0.122. The summed E-state index contributed by atoms with van der Waals surface area (Å²) < 4.78 is 18.8. The van der Waals surface area contributed by atoms with Crippen LogP contribution in [0.1, 0.15) is 31.2 Å². The molecule has 1 aliphatic carbocycles. The van der Waals surface area contributed by atoms with Crippen molar-refractivity contribution in [1.29, 1.82) is 0 Å². The molecule has 0 atom stereocenters. The summed E-state index contributed by atoms with van der Waals surface area (Å²) >= 11 is 0. The van der Waals surface area contributed by atoms with Gasteiger partial charge in [-0.1, -0.05) is 0 Å². The van der Waals surface area contributed by atoms with Crippen molar-refractivity contribution < 1.29 is 14.2 Å². The number of benzene rings is 1. The van der Waals surface area contributed by atoms with Crippen molar-refractivity contribution in [2.24, 2.45) is 5.73 Å². The van der Waals surface area contributed by atoms with E-state index < -0.39 is 11.4 Å². The number of hydrogen-bond acceptors (Lipinski definition) is 3. The molecule has 0 radical (unpaired) electrons. The minimum atomic E-state index is -1.08. The first-order valence-electron chi connectivity index (χ1n) is 5.87. The second-order valence-corrected chi connectivity index (χ2v) is 4.71. The molecule has 3 nitrogen and oxygen atoms in total. The van der Waals surface area contributed by atoms with Crippen LogP contribution in [-0.2, 0) is 5.60 Å². The Morgan fingerprint density at radius 3 is 2.59 bits per heavy atom. The molecule has 4 heteroatoms. The molecule has 1 fully saturated rings. The van der Waals surface area contributed by atoms with Gasteiger partial charge in [0.15, 0.2) is 0 Å². The summed E-state index contributed by atoms with van der Waals surface area (Å²) in [5.41, 5.74) is 5.07. The maximum absolute atomic E-state index is 13.9. The fourth-order valence-corrected chi connectivity index (χ4v) is 2.39. The van der Waals surface area contributed by atoms with Crippen LogP contribution < -0.4 is 10.5 Å². The highest BCUT2D eigenvalue weighted by Crippen LogP contribution is 2.38. The van der Waals surface area contributed by atoms with E-state index in [0.29, 0.717) is 24.2 Å². The zero-order valence-electron chi connectivity index (χ0n) is 9.95. The van der Waals surface area contributed by atoms with Gasteiger partial charge in [0.2, 0.25) is 0 Å². The predicted octanol–water partition coefficient (Wildman–Crippen LogP) is 1.92. The third kappa shape index (κ3) is 2.42. The van der Waals surface area contributed by atoms with Gasteiger partial charge in [-0.05, 0) is 37.8 Å². The normalized spacial score (nSPS) is 29.1. The fraction of sp³-hybridized carbons (Fsp3) is 0.538. The number of rotatable bonds is 2. The smallest absolute Gasteiger partial charge is 0.132 e. The third-order valence-electron chi connectivity index (χ3n) is 3.54. The Morgan fingerprint density at radius 2 is 2.06 bits per heavy atom. The largest absolute Gasteiger partial charge is 0.497 e. The Hall–Kier alpha value is -1.13. The van der Waals surface area contributed by atoms with E-state index in [4.69, 9.17) is 10.5 Å². The molecular weight excluding hydrogens is 221 g/mol. The maximum Gasteiger partial charge on any atom is 0.132 e. The Labute approximate surface area is 100 Å². The molecule has 17 heavy (non-hydrogen) atoms. The number of halogens is 1. The topological polar surface area (TPSA) is 55.5 Å². The molecule has 3 N–H and O–H groups in total. The summed E-state index contributed by atoms with van der Waals surface area (Å²) in [5, 5.41) is 10.5. The van der Waals surface area contributed by atoms with Gasteiger partial charge < -0.3 is 15.6 Å². The van der Waals surface area contributed by atoms with Crippen LogP contribution in [0.3, 0.4) is 0 Å². The first-order chi connectivity index (χ1) is 8.05. The van der Waals surface area contributed by atoms with Crippen molar-refractivity contribution in [3.8, 4) is 5.75 Å². The number of ether oxygens (including phenoxy) is 1. The molecule has 0 spiro atoms. The molecule has 0 saturated heterocycles.